The molecule has 0 radical (unpaired) electrons. The highest BCUT2D eigenvalue weighted by Gasteiger charge is 2.59. The summed E-state index contributed by atoms with van der Waals surface area (Å²) in [5, 5.41) is 10.3. The van der Waals surface area contributed by atoms with Gasteiger partial charge in [-0.1, -0.05) is 12.5 Å². The minimum Gasteiger partial charge on any atom is -0.395 e. The second-order valence-corrected chi connectivity index (χ2v) is 8.88. The van der Waals surface area contributed by atoms with Crippen molar-refractivity contribution in [3.63, 3.8) is 0 Å². The predicted octanol–water partition coefficient (Wildman–Crippen LogP) is 3.49. The molecule has 0 aromatic heterocycles. The van der Waals surface area contributed by atoms with Crippen molar-refractivity contribution in [1.29, 1.82) is 0 Å². The third-order valence-electron chi connectivity index (χ3n) is 8.31. The van der Waals surface area contributed by atoms with Gasteiger partial charge >= 0.3 is 0 Å². The highest BCUT2D eigenvalue weighted by Crippen LogP contribution is 2.66. The summed E-state index contributed by atoms with van der Waals surface area (Å²) in [6.07, 6.45) is 11.7. The Labute approximate surface area is 144 Å². The van der Waals surface area contributed by atoms with E-state index in [0.717, 1.165) is 38.5 Å². The molecule has 4 rings (SSSR count). The Morgan fingerprint density at radius 3 is 2.79 bits per heavy atom. The second-order valence-electron chi connectivity index (χ2n) is 8.88. The average molecular weight is 328 g/mol. The van der Waals surface area contributed by atoms with Crippen LogP contribution in [-0.2, 0) is 9.59 Å². The van der Waals surface area contributed by atoms with Gasteiger partial charge in [0.05, 0.1) is 6.61 Å². The number of rotatable bonds is 2. The number of carbonyl (C=O) groups excluding carboxylic acids is 2. The molecule has 3 nitrogen and oxygen atoms in total. The lowest BCUT2D eigenvalue weighted by molar-refractivity contribution is -0.119. The van der Waals surface area contributed by atoms with E-state index in [2.05, 4.69) is 6.92 Å². The highest BCUT2D eigenvalue weighted by atomic mass is 16.3. The van der Waals surface area contributed by atoms with Crippen LogP contribution in [0.25, 0.3) is 0 Å². The normalized spacial score (nSPS) is 47.1. The quantitative estimate of drug-likeness (QED) is 0.789. The van der Waals surface area contributed by atoms with E-state index in [4.69, 9.17) is 0 Å². The van der Waals surface area contributed by atoms with Crippen LogP contribution in [-0.4, -0.2) is 23.4 Å². The summed E-state index contributed by atoms with van der Waals surface area (Å²) < 4.78 is 0. The Hall–Kier alpha value is -1.18. The number of aliphatic hydroxyl groups is 1. The van der Waals surface area contributed by atoms with E-state index >= 15 is 0 Å². The summed E-state index contributed by atoms with van der Waals surface area (Å²) in [6, 6.07) is 0. The van der Waals surface area contributed by atoms with Crippen LogP contribution in [0, 0.1) is 34.5 Å². The van der Waals surface area contributed by atoms with Crippen LogP contribution in [0.15, 0.2) is 17.7 Å². The Kier molecular flexibility index (Phi) is 3.85. The lowest BCUT2D eigenvalue weighted by Gasteiger charge is -2.58. The van der Waals surface area contributed by atoms with Gasteiger partial charge in [-0.25, -0.2) is 4.79 Å². The van der Waals surface area contributed by atoms with Gasteiger partial charge in [0, 0.05) is 17.9 Å². The lowest BCUT2D eigenvalue weighted by atomic mass is 9.46. The molecule has 3 saturated carbocycles. The molecule has 4 aliphatic rings. The molecule has 0 aromatic rings. The summed E-state index contributed by atoms with van der Waals surface area (Å²) >= 11 is 0. The first-order valence-electron chi connectivity index (χ1n) is 9.61. The van der Waals surface area contributed by atoms with Gasteiger partial charge in [-0.3, -0.25) is 4.79 Å². The topological polar surface area (TPSA) is 54.4 Å². The van der Waals surface area contributed by atoms with Crippen LogP contribution >= 0.6 is 0 Å². The Morgan fingerprint density at radius 2 is 2.04 bits per heavy atom. The molecule has 0 bridgehead atoms. The molecule has 0 saturated heterocycles. The number of hydrogen-bond acceptors (Lipinski definition) is 3. The molecule has 6 atom stereocenters. The Bertz CT molecular complexity index is 629. The van der Waals surface area contributed by atoms with Crippen LogP contribution in [0.1, 0.15) is 58.3 Å². The first kappa shape index (κ1) is 16.3. The van der Waals surface area contributed by atoms with Gasteiger partial charge in [0.25, 0.3) is 0 Å². The van der Waals surface area contributed by atoms with Gasteiger partial charge in [-0.2, -0.15) is 0 Å². The molecule has 24 heavy (non-hydrogen) atoms. The molecule has 4 aliphatic carbocycles. The smallest absolute Gasteiger partial charge is 0.155 e. The predicted molar refractivity (Wildman–Crippen MR) is 91.9 cm³/mol. The molecule has 130 valence electrons. The van der Waals surface area contributed by atoms with E-state index in [1.165, 1.54) is 12.0 Å². The van der Waals surface area contributed by atoms with Gasteiger partial charge in [0.1, 0.15) is 5.94 Å². The standard InChI is InChI=1S/C21H28O3/c1-20-9-7-19-17(18(20)5-3-14(20)8-11-22)4-2-15-12-16(24)6-10-21(15,19)13-23/h8,12,14,17-19,23H,2-7,9-10,13H2,1H3/t14-,17-,18-,19-,20+,21+/m0/s1. The molecule has 3 heteroatoms. The van der Waals surface area contributed by atoms with Crippen molar-refractivity contribution < 1.29 is 14.7 Å². The lowest BCUT2D eigenvalue weighted by Crippen LogP contribution is -2.52. The number of fused-ring (bicyclic) bond motifs is 5. The van der Waals surface area contributed by atoms with Crippen molar-refractivity contribution in [3.8, 4) is 0 Å². The zero-order valence-electron chi connectivity index (χ0n) is 14.6. The van der Waals surface area contributed by atoms with Crippen LogP contribution < -0.4 is 0 Å². The fourth-order valence-corrected chi connectivity index (χ4v) is 7.05. The van der Waals surface area contributed by atoms with E-state index in [-0.39, 0.29) is 23.2 Å². The first-order chi connectivity index (χ1) is 11.5. The second kappa shape index (κ2) is 5.68. The number of ketones is 1. The molecule has 0 amide bonds. The Morgan fingerprint density at radius 1 is 1.21 bits per heavy atom. The van der Waals surface area contributed by atoms with Crippen molar-refractivity contribution in [2.45, 2.75) is 58.3 Å². The largest absolute Gasteiger partial charge is 0.395 e. The molecule has 0 unspecified atom stereocenters. The summed E-state index contributed by atoms with van der Waals surface area (Å²) in [5.41, 5.74) is 1.31. The van der Waals surface area contributed by atoms with Crippen molar-refractivity contribution in [3.05, 3.63) is 17.7 Å². The molecular weight excluding hydrogens is 300 g/mol. The number of carbonyl (C=O) groups is 1. The maximum atomic E-state index is 11.9. The third kappa shape index (κ3) is 2.07. The minimum absolute atomic E-state index is 0.142. The summed E-state index contributed by atoms with van der Waals surface area (Å²) in [6.45, 7) is 2.56. The van der Waals surface area contributed by atoms with Crippen LogP contribution in [0.3, 0.4) is 0 Å². The average Bonchev–Trinajstić information content (AvgIpc) is 2.91. The van der Waals surface area contributed by atoms with E-state index in [1.54, 1.807) is 6.08 Å². The highest BCUT2D eigenvalue weighted by molar-refractivity contribution is 5.91. The monoisotopic (exact) mass is 328 g/mol. The molecule has 0 aliphatic heterocycles. The summed E-state index contributed by atoms with van der Waals surface area (Å²) in [7, 11) is 0. The number of hydrogen-bond donors (Lipinski definition) is 1. The maximum Gasteiger partial charge on any atom is 0.155 e. The fraction of sp³-hybridized carbons (Fsp3) is 0.762. The maximum absolute atomic E-state index is 11.9. The van der Waals surface area contributed by atoms with E-state index in [0.29, 0.717) is 30.1 Å². The minimum atomic E-state index is -0.142. The SMILES string of the molecule is C[C@]12CC[C@H]3[C@@H](CCC4=CC(=O)CC[C@@]43CO)[C@@H]1CC[C@H]2C=C=O. The zero-order chi connectivity index (χ0) is 16.9. The molecular formula is C21H28O3. The third-order valence-corrected chi connectivity index (χ3v) is 8.31. The molecule has 3 fully saturated rings. The summed E-state index contributed by atoms with van der Waals surface area (Å²) in [4.78, 5) is 22.8. The van der Waals surface area contributed by atoms with Crippen LogP contribution in [0.2, 0.25) is 0 Å². The zero-order valence-corrected chi connectivity index (χ0v) is 14.6. The van der Waals surface area contributed by atoms with Crippen molar-refractivity contribution in [1.82, 2.24) is 0 Å². The molecule has 1 N–H and O–H groups in total. The number of allylic oxidation sites excluding steroid dienone is 1. The Balaban J connectivity index is 1.69. The van der Waals surface area contributed by atoms with Gasteiger partial charge < -0.3 is 5.11 Å². The van der Waals surface area contributed by atoms with Gasteiger partial charge in [0.15, 0.2) is 5.78 Å². The first-order valence-corrected chi connectivity index (χ1v) is 9.61. The van der Waals surface area contributed by atoms with Gasteiger partial charge in [-0.05, 0) is 80.1 Å². The van der Waals surface area contributed by atoms with Gasteiger partial charge in [-0.15, -0.1) is 0 Å². The summed E-state index contributed by atoms with van der Waals surface area (Å²) in [5.74, 6) is 4.44. The van der Waals surface area contributed by atoms with Gasteiger partial charge in [0.2, 0.25) is 0 Å². The fourth-order valence-electron chi connectivity index (χ4n) is 7.05. The molecule has 0 spiro atoms. The van der Waals surface area contributed by atoms with E-state index in [1.807, 2.05) is 12.0 Å². The van der Waals surface area contributed by atoms with E-state index in [9.17, 15) is 14.7 Å². The van der Waals surface area contributed by atoms with E-state index < -0.39 is 0 Å². The van der Waals surface area contributed by atoms with Crippen molar-refractivity contribution in [2.75, 3.05) is 6.61 Å². The molecule has 0 heterocycles. The van der Waals surface area contributed by atoms with Crippen LogP contribution in [0.5, 0.6) is 0 Å². The molecule has 0 aromatic carbocycles. The van der Waals surface area contributed by atoms with Crippen molar-refractivity contribution in [2.24, 2.45) is 34.5 Å². The number of aliphatic hydroxyl groups excluding tert-OH is 1. The van der Waals surface area contributed by atoms with Crippen LogP contribution in [0.4, 0.5) is 0 Å². The van der Waals surface area contributed by atoms with Crippen molar-refractivity contribution >= 4 is 11.7 Å².